The smallest absolute Gasteiger partial charge is 0.410 e. The molecule has 10 nitrogen and oxygen atoms in total. The van der Waals surface area contributed by atoms with Crippen LogP contribution < -0.4 is 0 Å². The number of thiophene rings is 1. The van der Waals surface area contributed by atoms with Crippen molar-refractivity contribution in [3.05, 3.63) is 81.4 Å². The zero-order valence-electron chi connectivity index (χ0n) is 27.0. The Morgan fingerprint density at radius 1 is 1.09 bits per heavy atom. The number of ether oxygens (including phenoxy) is 1. The molecule has 4 aromatic rings. The molecule has 1 atom stereocenters. The average Bonchev–Trinajstić information content (AvgIpc) is 3.68. The third-order valence-electron chi connectivity index (χ3n) is 9.32. The maximum Gasteiger partial charge on any atom is 0.410 e. The lowest BCUT2D eigenvalue weighted by Crippen LogP contribution is -2.60. The maximum absolute atomic E-state index is 12.5. The zero-order valence-corrected chi connectivity index (χ0v) is 27.8. The summed E-state index contributed by atoms with van der Waals surface area (Å²) in [6.45, 7) is 16.7. The van der Waals surface area contributed by atoms with Crippen molar-refractivity contribution in [2.45, 2.75) is 79.0 Å². The molecule has 45 heavy (non-hydrogen) atoms. The average molecular weight is 628 g/mol. The standard InChI is InChI=1S/C34H41N7O3S/c1-21-22(2)45-31-28(21)29(36-26(17-27-35-13-16-43-27)30-38-37-23(3)41(30)31)25-9-7-24(8-10-25)18-39-19-34(20-39)11-14-40(15-12-34)32(42)44-33(4,5)6/h7-10,13,16,26H,11-12,14-15,17-20H2,1-6H3/t26-/m0/s1. The van der Waals surface area contributed by atoms with Crippen molar-refractivity contribution in [1.82, 2.24) is 29.5 Å². The quantitative estimate of drug-likeness (QED) is 0.259. The summed E-state index contributed by atoms with van der Waals surface area (Å²) in [5.74, 6) is 2.29. The number of likely N-dealkylation sites (tertiary alicyclic amines) is 2. The number of hydrogen-bond acceptors (Lipinski definition) is 9. The highest BCUT2D eigenvalue weighted by molar-refractivity contribution is 7.15. The molecule has 2 fully saturated rings. The van der Waals surface area contributed by atoms with E-state index in [1.54, 1.807) is 23.8 Å². The molecule has 0 aliphatic carbocycles. The highest BCUT2D eigenvalue weighted by Crippen LogP contribution is 2.42. The molecule has 1 spiro atoms. The number of oxazole rings is 1. The molecule has 6 heterocycles. The van der Waals surface area contributed by atoms with Gasteiger partial charge in [-0.3, -0.25) is 14.5 Å². The molecule has 2 saturated heterocycles. The minimum Gasteiger partial charge on any atom is -0.449 e. The number of hydrogen-bond donors (Lipinski definition) is 0. The van der Waals surface area contributed by atoms with Crippen molar-refractivity contribution in [2.75, 3.05) is 26.2 Å². The molecule has 11 heteroatoms. The number of aryl methyl sites for hydroxylation is 2. The Bertz CT molecular complexity index is 1730. The number of carbonyl (C=O) groups excluding carboxylic acids is 1. The second-order valence-electron chi connectivity index (χ2n) is 13.8. The fourth-order valence-corrected chi connectivity index (χ4v) is 8.10. The Labute approximate surface area is 268 Å². The van der Waals surface area contributed by atoms with Gasteiger partial charge in [0.25, 0.3) is 0 Å². The Hall–Kier alpha value is -3.83. The number of benzene rings is 1. The van der Waals surface area contributed by atoms with E-state index in [1.807, 2.05) is 32.6 Å². The predicted molar refractivity (Wildman–Crippen MR) is 173 cm³/mol. The van der Waals surface area contributed by atoms with Gasteiger partial charge < -0.3 is 14.1 Å². The van der Waals surface area contributed by atoms with Crippen LogP contribution in [0.1, 0.15) is 84.3 Å². The topological polar surface area (TPSA) is 102 Å². The summed E-state index contributed by atoms with van der Waals surface area (Å²) < 4.78 is 13.4. The predicted octanol–water partition coefficient (Wildman–Crippen LogP) is 6.21. The molecule has 236 valence electrons. The molecule has 3 aliphatic heterocycles. The van der Waals surface area contributed by atoms with Gasteiger partial charge in [0.1, 0.15) is 28.7 Å². The fourth-order valence-electron chi connectivity index (χ4n) is 6.89. The van der Waals surface area contributed by atoms with Crippen LogP contribution in [-0.4, -0.2) is 73.1 Å². The first-order valence-electron chi connectivity index (χ1n) is 15.8. The third-order valence-corrected chi connectivity index (χ3v) is 10.5. The monoisotopic (exact) mass is 627 g/mol. The summed E-state index contributed by atoms with van der Waals surface area (Å²) in [4.78, 5) is 27.9. The fraction of sp³-hybridized carbons (Fsp3) is 0.500. The van der Waals surface area contributed by atoms with Crippen LogP contribution in [0.25, 0.3) is 5.00 Å². The van der Waals surface area contributed by atoms with E-state index in [4.69, 9.17) is 14.1 Å². The molecule has 7 rings (SSSR count). The van der Waals surface area contributed by atoms with E-state index in [0.29, 0.717) is 17.7 Å². The first-order chi connectivity index (χ1) is 21.5. The van der Waals surface area contributed by atoms with E-state index in [1.165, 1.54) is 16.0 Å². The van der Waals surface area contributed by atoms with Crippen LogP contribution in [0.4, 0.5) is 4.79 Å². The van der Waals surface area contributed by atoms with Crippen LogP contribution in [0.2, 0.25) is 0 Å². The Kier molecular flexibility index (Phi) is 7.43. The van der Waals surface area contributed by atoms with Gasteiger partial charge in [0.05, 0.1) is 18.3 Å². The lowest BCUT2D eigenvalue weighted by atomic mass is 9.72. The summed E-state index contributed by atoms with van der Waals surface area (Å²) >= 11 is 1.76. The number of carbonyl (C=O) groups is 1. The number of fused-ring (bicyclic) bond motifs is 3. The molecule has 1 amide bonds. The molecular formula is C34H41N7O3S. The van der Waals surface area contributed by atoms with Crippen molar-refractivity contribution in [1.29, 1.82) is 0 Å². The number of aliphatic imine (C=N–C) groups is 1. The zero-order chi connectivity index (χ0) is 31.5. The maximum atomic E-state index is 12.5. The summed E-state index contributed by atoms with van der Waals surface area (Å²) in [6, 6.07) is 8.61. The van der Waals surface area contributed by atoms with Gasteiger partial charge in [0.2, 0.25) is 0 Å². The molecule has 0 bridgehead atoms. The second kappa shape index (κ2) is 11.2. The van der Waals surface area contributed by atoms with Gasteiger partial charge in [0, 0.05) is 48.7 Å². The molecule has 0 N–H and O–H groups in total. The number of aromatic nitrogens is 4. The van der Waals surface area contributed by atoms with Crippen LogP contribution in [0, 0.1) is 26.2 Å². The Balaban J connectivity index is 1.07. The first-order valence-corrected chi connectivity index (χ1v) is 16.6. The van der Waals surface area contributed by atoms with E-state index in [-0.39, 0.29) is 12.1 Å². The summed E-state index contributed by atoms with van der Waals surface area (Å²) in [6.07, 6.45) is 5.65. The highest BCUT2D eigenvalue weighted by atomic mass is 32.1. The molecule has 0 saturated carbocycles. The number of nitrogens with zero attached hydrogens (tertiary/aromatic N) is 7. The summed E-state index contributed by atoms with van der Waals surface area (Å²) in [5, 5.41) is 10.1. The lowest BCUT2D eigenvalue weighted by molar-refractivity contribution is -0.0550. The first kappa shape index (κ1) is 29.9. The van der Waals surface area contributed by atoms with Gasteiger partial charge >= 0.3 is 6.09 Å². The molecule has 0 radical (unpaired) electrons. The second-order valence-corrected chi connectivity index (χ2v) is 15.0. The van der Waals surface area contributed by atoms with Crippen LogP contribution in [0.3, 0.4) is 0 Å². The normalized spacial score (nSPS) is 19.5. The lowest BCUT2D eigenvalue weighted by Gasteiger charge is -2.54. The van der Waals surface area contributed by atoms with E-state index in [2.05, 4.69) is 62.8 Å². The molecule has 3 aromatic heterocycles. The van der Waals surface area contributed by atoms with E-state index >= 15 is 0 Å². The summed E-state index contributed by atoms with van der Waals surface area (Å²) in [5.41, 5.74) is 5.58. The van der Waals surface area contributed by atoms with Crippen LogP contribution in [0.15, 0.2) is 46.1 Å². The van der Waals surface area contributed by atoms with Gasteiger partial charge in [-0.05, 0) is 70.9 Å². The van der Waals surface area contributed by atoms with Crippen LogP contribution in [-0.2, 0) is 17.7 Å². The van der Waals surface area contributed by atoms with Crippen molar-refractivity contribution < 1.29 is 13.9 Å². The number of rotatable bonds is 5. The van der Waals surface area contributed by atoms with Gasteiger partial charge in [-0.25, -0.2) is 9.78 Å². The molecule has 3 aliphatic rings. The minimum atomic E-state index is -0.458. The molecular weight excluding hydrogens is 586 g/mol. The Morgan fingerprint density at radius 3 is 2.49 bits per heavy atom. The van der Waals surface area contributed by atoms with Crippen molar-refractivity contribution in [3.63, 3.8) is 0 Å². The van der Waals surface area contributed by atoms with Crippen molar-refractivity contribution in [3.8, 4) is 5.00 Å². The highest BCUT2D eigenvalue weighted by Gasteiger charge is 2.45. The van der Waals surface area contributed by atoms with Gasteiger partial charge in [-0.1, -0.05) is 24.3 Å². The SMILES string of the molecule is Cc1sc2c(c1C)C(c1ccc(CN3CC4(CCN(C(=O)OC(C)(C)C)CC4)C3)cc1)=N[C@@H](Cc1ncco1)c1nnc(C)n1-2. The molecule has 0 unspecified atom stereocenters. The van der Waals surface area contributed by atoms with Gasteiger partial charge in [0.15, 0.2) is 11.7 Å². The van der Waals surface area contributed by atoms with Crippen LogP contribution in [0.5, 0.6) is 0 Å². The largest absolute Gasteiger partial charge is 0.449 e. The van der Waals surface area contributed by atoms with Gasteiger partial charge in [-0.15, -0.1) is 21.5 Å². The van der Waals surface area contributed by atoms with E-state index in [0.717, 1.165) is 79.1 Å². The van der Waals surface area contributed by atoms with Crippen molar-refractivity contribution >= 4 is 23.1 Å². The van der Waals surface area contributed by atoms with E-state index in [9.17, 15) is 4.79 Å². The third kappa shape index (κ3) is 5.72. The Morgan fingerprint density at radius 2 is 1.82 bits per heavy atom. The van der Waals surface area contributed by atoms with Gasteiger partial charge in [-0.2, -0.15) is 0 Å². The van der Waals surface area contributed by atoms with Crippen LogP contribution >= 0.6 is 11.3 Å². The summed E-state index contributed by atoms with van der Waals surface area (Å²) in [7, 11) is 0. The number of piperidine rings is 1. The molecule has 1 aromatic carbocycles. The van der Waals surface area contributed by atoms with E-state index < -0.39 is 5.60 Å². The van der Waals surface area contributed by atoms with Crippen molar-refractivity contribution in [2.24, 2.45) is 10.4 Å². The number of amides is 1. The minimum absolute atomic E-state index is 0.188.